The van der Waals surface area contributed by atoms with Gasteiger partial charge in [-0.05, 0) is 30.4 Å². The molecule has 0 aromatic heterocycles. The van der Waals surface area contributed by atoms with Crippen LogP contribution in [0.4, 0.5) is 13.2 Å². The lowest BCUT2D eigenvalue weighted by Crippen LogP contribution is -2.48. The van der Waals surface area contributed by atoms with E-state index >= 15 is 0 Å². The van der Waals surface area contributed by atoms with Gasteiger partial charge in [0.25, 0.3) is 0 Å². The number of aliphatic carboxylic acids is 1. The lowest BCUT2D eigenvalue weighted by atomic mass is 9.86. The van der Waals surface area contributed by atoms with Gasteiger partial charge in [0.15, 0.2) is 5.41 Å². The summed E-state index contributed by atoms with van der Waals surface area (Å²) in [5.74, 6) is -2.89. The van der Waals surface area contributed by atoms with Gasteiger partial charge >= 0.3 is 12.1 Å². The van der Waals surface area contributed by atoms with Crippen LogP contribution in [0, 0.1) is 11.3 Å². The summed E-state index contributed by atoms with van der Waals surface area (Å²) in [4.78, 5) is 24.7. The fourth-order valence-electron chi connectivity index (χ4n) is 3.35. The standard InChI is InChI=1S/C16H15ClF3NO3/c17-12-4-2-1-3-9(12)10-7-11(10)13(22)21-6-5-15(8-21,14(23)24)16(18,19)20/h1-4,10-11H,5-8H2,(H,23,24). The summed E-state index contributed by atoms with van der Waals surface area (Å²) < 4.78 is 39.5. The van der Waals surface area contributed by atoms with Crippen molar-refractivity contribution in [1.82, 2.24) is 4.90 Å². The average molecular weight is 362 g/mol. The predicted octanol–water partition coefficient (Wildman–Crippen LogP) is 3.31. The number of alkyl halides is 3. The molecule has 0 bridgehead atoms. The molecule has 3 rings (SSSR count). The molecule has 130 valence electrons. The molecule has 1 aromatic rings. The number of carboxylic acid groups (broad SMARTS) is 1. The summed E-state index contributed by atoms with van der Waals surface area (Å²) >= 11 is 6.08. The van der Waals surface area contributed by atoms with E-state index in [0.717, 1.165) is 10.5 Å². The van der Waals surface area contributed by atoms with E-state index in [1.54, 1.807) is 24.3 Å². The van der Waals surface area contributed by atoms with Gasteiger partial charge in [-0.1, -0.05) is 29.8 Å². The van der Waals surface area contributed by atoms with E-state index in [9.17, 15) is 22.8 Å². The maximum atomic E-state index is 13.2. The highest BCUT2D eigenvalue weighted by atomic mass is 35.5. The van der Waals surface area contributed by atoms with Crippen molar-refractivity contribution in [3.05, 3.63) is 34.9 Å². The van der Waals surface area contributed by atoms with Crippen LogP contribution in [0.3, 0.4) is 0 Å². The zero-order chi connectivity index (χ0) is 17.7. The third kappa shape index (κ3) is 2.64. The van der Waals surface area contributed by atoms with Gasteiger partial charge in [0.2, 0.25) is 5.91 Å². The highest BCUT2D eigenvalue weighted by molar-refractivity contribution is 6.31. The van der Waals surface area contributed by atoms with E-state index in [-0.39, 0.29) is 12.5 Å². The quantitative estimate of drug-likeness (QED) is 0.898. The molecule has 0 radical (unpaired) electrons. The van der Waals surface area contributed by atoms with Gasteiger partial charge in [-0.15, -0.1) is 0 Å². The summed E-state index contributed by atoms with van der Waals surface area (Å²) in [5.41, 5.74) is -2.06. The largest absolute Gasteiger partial charge is 0.481 e. The Kier molecular flexibility index (Phi) is 4.02. The second-order valence-electron chi connectivity index (χ2n) is 6.37. The highest BCUT2D eigenvalue weighted by Gasteiger charge is 2.65. The first-order valence-electron chi connectivity index (χ1n) is 7.51. The molecule has 24 heavy (non-hydrogen) atoms. The van der Waals surface area contributed by atoms with Gasteiger partial charge in [0.1, 0.15) is 0 Å². The molecule has 1 saturated heterocycles. The third-order valence-corrected chi connectivity index (χ3v) is 5.29. The predicted molar refractivity (Wildman–Crippen MR) is 79.6 cm³/mol. The Hall–Kier alpha value is -1.76. The lowest BCUT2D eigenvalue weighted by molar-refractivity contribution is -0.227. The Morgan fingerprint density at radius 3 is 2.50 bits per heavy atom. The van der Waals surface area contributed by atoms with Crippen molar-refractivity contribution < 1.29 is 27.9 Å². The van der Waals surface area contributed by atoms with E-state index < -0.39 is 42.4 Å². The molecule has 1 N–H and O–H groups in total. The number of hydrogen-bond donors (Lipinski definition) is 1. The van der Waals surface area contributed by atoms with Gasteiger partial charge in [0, 0.05) is 24.0 Å². The number of benzene rings is 1. The maximum Gasteiger partial charge on any atom is 0.406 e. The molecule has 4 nitrogen and oxygen atoms in total. The van der Waals surface area contributed by atoms with Crippen molar-refractivity contribution in [3.8, 4) is 0 Å². The molecule has 1 aliphatic heterocycles. The second-order valence-corrected chi connectivity index (χ2v) is 6.77. The SMILES string of the molecule is O=C(C1CC1c1ccccc1Cl)N1CCC(C(=O)O)(C(F)(F)F)C1. The zero-order valence-corrected chi connectivity index (χ0v) is 13.3. The van der Waals surface area contributed by atoms with Crippen LogP contribution in [-0.4, -0.2) is 41.1 Å². The molecule has 1 aromatic carbocycles. The Morgan fingerprint density at radius 1 is 1.29 bits per heavy atom. The van der Waals surface area contributed by atoms with Gasteiger partial charge in [-0.25, -0.2) is 0 Å². The fraction of sp³-hybridized carbons (Fsp3) is 0.500. The van der Waals surface area contributed by atoms with E-state index in [1.165, 1.54) is 0 Å². The molecule has 3 unspecified atom stereocenters. The Balaban J connectivity index is 1.73. The second kappa shape index (κ2) is 5.65. The Bertz CT molecular complexity index is 693. The van der Waals surface area contributed by atoms with Crippen molar-refractivity contribution in [3.63, 3.8) is 0 Å². The number of halogens is 4. The van der Waals surface area contributed by atoms with Gasteiger partial charge in [0.05, 0.1) is 0 Å². The molecule has 1 aliphatic carbocycles. The van der Waals surface area contributed by atoms with Crippen LogP contribution < -0.4 is 0 Å². The van der Waals surface area contributed by atoms with Gasteiger partial charge in [-0.2, -0.15) is 13.2 Å². The van der Waals surface area contributed by atoms with E-state index in [0.29, 0.717) is 11.4 Å². The first-order valence-corrected chi connectivity index (χ1v) is 7.88. The van der Waals surface area contributed by atoms with Gasteiger partial charge in [-0.3, -0.25) is 9.59 Å². The molecule has 8 heteroatoms. The van der Waals surface area contributed by atoms with Crippen LogP contribution in [0.5, 0.6) is 0 Å². The van der Waals surface area contributed by atoms with E-state index in [2.05, 4.69) is 0 Å². The summed E-state index contributed by atoms with van der Waals surface area (Å²) in [6.07, 6.45) is -4.98. The topological polar surface area (TPSA) is 57.6 Å². The molecular weight excluding hydrogens is 347 g/mol. The summed E-state index contributed by atoms with van der Waals surface area (Å²) in [7, 11) is 0. The van der Waals surface area contributed by atoms with Crippen LogP contribution in [0.2, 0.25) is 5.02 Å². The lowest BCUT2D eigenvalue weighted by Gasteiger charge is -2.27. The minimum Gasteiger partial charge on any atom is -0.481 e. The van der Waals surface area contributed by atoms with Crippen molar-refractivity contribution in [1.29, 1.82) is 0 Å². The molecule has 1 amide bonds. The van der Waals surface area contributed by atoms with Crippen LogP contribution in [0.15, 0.2) is 24.3 Å². The number of hydrogen-bond acceptors (Lipinski definition) is 2. The van der Waals surface area contributed by atoms with Crippen LogP contribution in [0.1, 0.15) is 24.3 Å². The smallest absolute Gasteiger partial charge is 0.406 e. The fourth-order valence-corrected chi connectivity index (χ4v) is 3.62. The third-order valence-electron chi connectivity index (χ3n) is 4.95. The van der Waals surface area contributed by atoms with Crippen molar-refractivity contribution in [2.45, 2.75) is 24.9 Å². The normalized spacial score (nSPS) is 29.6. The molecule has 3 atom stereocenters. The van der Waals surface area contributed by atoms with Crippen LogP contribution in [-0.2, 0) is 9.59 Å². The summed E-state index contributed by atoms with van der Waals surface area (Å²) in [6.45, 7) is -1.02. The van der Waals surface area contributed by atoms with Gasteiger partial charge < -0.3 is 10.0 Å². The molecule has 0 spiro atoms. The Labute approximate surface area is 141 Å². The Morgan fingerprint density at radius 2 is 1.96 bits per heavy atom. The highest BCUT2D eigenvalue weighted by Crippen LogP contribution is 2.52. The number of carboxylic acids is 1. The summed E-state index contributed by atoms with van der Waals surface area (Å²) in [5, 5.41) is 9.57. The monoisotopic (exact) mass is 361 g/mol. The van der Waals surface area contributed by atoms with Crippen molar-refractivity contribution >= 4 is 23.5 Å². The number of likely N-dealkylation sites (tertiary alicyclic amines) is 1. The summed E-state index contributed by atoms with van der Waals surface area (Å²) in [6, 6.07) is 7.04. The minimum absolute atomic E-state index is 0.114. The molecular formula is C16H15ClF3NO3. The average Bonchev–Trinajstić information content (AvgIpc) is 3.14. The van der Waals surface area contributed by atoms with Crippen LogP contribution >= 0.6 is 11.6 Å². The number of amides is 1. The number of rotatable bonds is 3. The first-order chi connectivity index (χ1) is 11.2. The maximum absolute atomic E-state index is 13.2. The van der Waals surface area contributed by atoms with Crippen LogP contribution in [0.25, 0.3) is 0 Å². The van der Waals surface area contributed by atoms with Crippen molar-refractivity contribution in [2.75, 3.05) is 13.1 Å². The first kappa shape index (κ1) is 17.1. The van der Waals surface area contributed by atoms with Crippen molar-refractivity contribution in [2.24, 2.45) is 11.3 Å². The number of nitrogens with zero attached hydrogens (tertiary/aromatic N) is 1. The molecule has 1 heterocycles. The molecule has 2 aliphatic rings. The number of carbonyl (C=O) groups excluding carboxylic acids is 1. The molecule has 1 saturated carbocycles. The zero-order valence-electron chi connectivity index (χ0n) is 12.5. The van der Waals surface area contributed by atoms with E-state index in [4.69, 9.17) is 16.7 Å². The minimum atomic E-state index is -4.89. The number of carbonyl (C=O) groups is 2. The van der Waals surface area contributed by atoms with E-state index in [1.807, 2.05) is 0 Å². The molecule has 2 fully saturated rings.